The van der Waals surface area contributed by atoms with Crippen molar-refractivity contribution in [2.75, 3.05) is 4.90 Å². The first kappa shape index (κ1) is 14.3. The first-order chi connectivity index (χ1) is 9.19. The number of benzene rings is 1. The van der Waals surface area contributed by atoms with Crippen LogP contribution in [0.1, 0.15) is 33.3 Å². The van der Waals surface area contributed by atoms with Gasteiger partial charge in [-0.1, -0.05) is 0 Å². The molecule has 2 rings (SSSR count). The summed E-state index contributed by atoms with van der Waals surface area (Å²) in [6.45, 7) is 7.32. The molecular weight excluding hydrogens is 260 g/mol. The third kappa shape index (κ3) is 2.74. The van der Waals surface area contributed by atoms with E-state index >= 15 is 0 Å². The molecule has 0 bridgehead atoms. The Labute approximate surface area is 117 Å². The second-order valence-electron chi connectivity index (χ2n) is 5.97. The number of ether oxygens (including phenoxy) is 1. The fourth-order valence-electron chi connectivity index (χ4n) is 2.32. The van der Waals surface area contributed by atoms with Crippen LogP contribution in [0.5, 0.6) is 0 Å². The van der Waals surface area contributed by atoms with Crippen LogP contribution in [-0.4, -0.2) is 22.7 Å². The lowest BCUT2D eigenvalue weighted by Crippen LogP contribution is -2.40. The van der Waals surface area contributed by atoms with Gasteiger partial charge in [-0.25, -0.2) is 4.79 Å². The minimum Gasteiger partial charge on any atom is -0.443 e. The minimum atomic E-state index is -0.569. The molecule has 1 amide bonds. The van der Waals surface area contributed by atoms with Crippen LogP contribution in [0, 0.1) is 10.1 Å². The van der Waals surface area contributed by atoms with Crippen LogP contribution in [0.3, 0.4) is 0 Å². The summed E-state index contributed by atoms with van der Waals surface area (Å²) in [6.07, 6.45) is 0.175. The smallest absolute Gasteiger partial charge is 0.415 e. The summed E-state index contributed by atoms with van der Waals surface area (Å²) >= 11 is 0. The predicted octanol–water partition coefficient (Wildman–Crippen LogP) is 3.28. The zero-order valence-electron chi connectivity index (χ0n) is 12.0. The van der Waals surface area contributed by atoms with Gasteiger partial charge in [-0.3, -0.25) is 15.0 Å². The van der Waals surface area contributed by atoms with Crippen LogP contribution in [0.4, 0.5) is 16.2 Å². The summed E-state index contributed by atoms with van der Waals surface area (Å²) in [7, 11) is 0. The van der Waals surface area contributed by atoms with Gasteiger partial charge in [0.25, 0.3) is 5.69 Å². The standard InChI is InChI=1S/C14H18N2O4/c1-9-7-10-8-11(16(18)19)5-6-12(10)15(9)13(17)20-14(2,3)4/h5-6,8-9H,7H2,1-4H3. The second-order valence-corrected chi connectivity index (χ2v) is 5.97. The Kier molecular flexibility index (Phi) is 3.41. The fraction of sp³-hybridized carbons (Fsp3) is 0.500. The van der Waals surface area contributed by atoms with Crippen molar-refractivity contribution in [3.8, 4) is 0 Å². The molecule has 1 aromatic carbocycles. The van der Waals surface area contributed by atoms with Crippen molar-refractivity contribution < 1.29 is 14.5 Å². The number of anilines is 1. The van der Waals surface area contributed by atoms with Crippen LogP contribution in [0.2, 0.25) is 0 Å². The van der Waals surface area contributed by atoms with E-state index in [0.717, 1.165) is 5.56 Å². The Bertz CT molecular complexity index is 563. The molecule has 0 radical (unpaired) electrons. The fourth-order valence-corrected chi connectivity index (χ4v) is 2.32. The van der Waals surface area contributed by atoms with E-state index in [1.54, 1.807) is 11.0 Å². The molecule has 0 spiro atoms. The zero-order chi connectivity index (χ0) is 15.1. The van der Waals surface area contributed by atoms with Crippen LogP contribution >= 0.6 is 0 Å². The van der Waals surface area contributed by atoms with Gasteiger partial charge in [-0.2, -0.15) is 0 Å². The molecule has 6 nitrogen and oxygen atoms in total. The van der Waals surface area contributed by atoms with Gasteiger partial charge in [0.1, 0.15) is 5.60 Å². The van der Waals surface area contributed by atoms with Crippen molar-refractivity contribution in [2.45, 2.75) is 45.8 Å². The Morgan fingerprint density at radius 2 is 2.10 bits per heavy atom. The first-order valence-corrected chi connectivity index (χ1v) is 6.48. The quantitative estimate of drug-likeness (QED) is 0.583. The molecule has 1 atom stereocenters. The van der Waals surface area contributed by atoms with Crippen molar-refractivity contribution in [3.05, 3.63) is 33.9 Å². The molecule has 1 aromatic rings. The lowest BCUT2D eigenvalue weighted by Gasteiger charge is -2.27. The topological polar surface area (TPSA) is 72.7 Å². The molecule has 1 unspecified atom stereocenters. The van der Waals surface area contributed by atoms with Crippen LogP contribution < -0.4 is 4.90 Å². The van der Waals surface area contributed by atoms with Gasteiger partial charge in [0.15, 0.2) is 0 Å². The molecule has 1 aliphatic heterocycles. The van der Waals surface area contributed by atoms with Crippen LogP contribution in [0.25, 0.3) is 0 Å². The highest BCUT2D eigenvalue weighted by molar-refractivity contribution is 5.91. The third-order valence-electron chi connectivity index (χ3n) is 3.08. The lowest BCUT2D eigenvalue weighted by molar-refractivity contribution is -0.384. The van der Waals surface area contributed by atoms with Crippen molar-refractivity contribution in [3.63, 3.8) is 0 Å². The number of nitrogens with zero attached hydrogens (tertiary/aromatic N) is 2. The average molecular weight is 278 g/mol. The summed E-state index contributed by atoms with van der Waals surface area (Å²) in [6, 6.07) is 4.48. The SMILES string of the molecule is CC1Cc2cc([N+](=O)[O-])ccc2N1C(=O)OC(C)(C)C. The Balaban J connectivity index is 2.31. The number of carbonyl (C=O) groups is 1. The first-order valence-electron chi connectivity index (χ1n) is 6.48. The highest BCUT2D eigenvalue weighted by Gasteiger charge is 2.34. The van der Waals surface area contributed by atoms with E-state index < -0.39 is 16.6 Å². The van der Waals surface area contributed by atoms with Gasteiger partial charge in [0.2, 0.25) is 0 Å². The number of fused-ring (bicyclic) bond motifs is 1. The van der Waals surface area contributed by atoms with Crippen LogP contribution in [-0.2, 0) is 11.2 Å². The summed E-state index contributed by atoms with van der Waals surface area (Å²) in [5.41, 5.74) is 0.970. The van der Waals surface area contributed by atoms with Gasteiger partial charge >= 0.3 is 6.09 Å². The van der Waals surface area contributed by atoms with E-state index in [1.165, 1.54) is 12.1 Å². The second kappa shape index (κ2) is 4.77. The average Bonchev–Trinajstić information content (AvgIpc) is 2.61. The Morgan fingerprint density at radius 3 is 2.65 bits per heavy atom. The largest absolute Gasteiger partial charge is 0.443 e. The molecule has 1 heterocycles. The number of amides is 1. The maximum atomic E-state index is 12.2. The van der Waals surface area contributed by atoms with Crippen molar-refractivity contribution in [2.24, 2.45) is 0 Å². The molecule has 0 saturated carbocycles. The monoisotopic (exact) mass is 278 g/mol. The number of hydrogen-bond donors (Lipinski definition) is 0. The number of hydrogen-bond acceptors (Lipinski definition) is 4. The Hall–Kier alpha value is -2.11. The van der Waals surface area contributed by atoms with Gasteiger partial charge in [0.05, 0.1) is 10.6 Å². The van der Waals surface area contributed by atoms with E-state index in [9.17, 15) is 14.9 Å². The van der Waals surface area contributed by atoms with Crippen molar-refractivity contribution in [1.82, 2.24) is 0 Å². The molecule has 6 heteroatoms. The molecule has 1 aliphatic rings. The van der Waals surface area contributed by atoms with Gasteiger partial charge in [-0.15, -0.1) is 0 Å². The summed E-state index contributed by atoms with van der Waals surface area (Å²) in [4.78, 5) is 24.1. The molecule has 0 aliphatic carbocycles. The maximum Gasteiger partial charge on any atom is 0.415 e. The van der Waals surface area contributed by atoms with E-state index in [-0.39, 0.29) is 11.7 Å². The number of nitro benzene ring substituents is 1. The molecular formula is C14H18N2O4. The summed E-state index contributed by atoms with van der Waals surface area (Å²) < 4.78 is 5.38. The number of nitro groups is 1. The van der Waals surface area contributed by atoms with Crippen molar-refractivity contribution >= 4 is 17.5 Å². The van der Waals surface area contributed by atoms with E-state index in [4.69, 9.17) is 4.74 Å². The zero-order valence-corrected chi connectivity index (χ0v) is 12.0. The van der Waals surface area contributed by atoms with Gasteiger partial charge in [-0.05, 0) is 45.7 Å². The molecule has 20 heavy (non-hydrogen) atoms. The van der Waals surface area contributed by atoms with Gasteiger partial charge in [0, 0.05) is 18.2 Å². The molecule has 0 N–H and O–H groups in total. The highest BCUT2D eigenvalue weighted by Crippen LogP contribution is 2.35. The van der Waals surface area contributed by atoms with Crippen LogP contribution in [0.15, 0.2) is 18.2 Å². The highest BCUT2D eigenvalue weighted by atomic mass is 16.6. The number of carbonyl (C=O) groups excluding carboxylic acids is 1. The predicted molar refractivity (Wildman–Crippen MR) is 75.0 cm³/mol. The maximum absolute atomic E-state index is 12.2. The Morgan fingerprint density at radius 1 is 1.45 bits per heavy atom. The third-order valence-corrected chi connectivity index (χ3v) is 3.08. The molecule has 0 aromatic heterocycles. The lowest BCUT2D eigenvalue weighted by atomic mass is 10.1. The van der Waals surface area contributed by atoms with E-state index in [2.05, 4.69) is 0 Å². The number of non-ortho nitro benzene ring substituents is 1. The summed E-state index contributed by atoms with van der Waals surface area (Å²) in [5, 5.41) is 10.8. The summed E-state index contributed by atoms with van der Waals surface area (Å²) in [5.74, 6) is 0. The molecule has 0 fully saturated rings. The number of rotatable bonds is 1. The molecule has 0 saturated heterocycles. The minimum absolute atomic E-state index is 0.0435. The normalized spacial score (nSPS) is 17.8. The van der Waals surface area contributed by atoms with Gasteiger partial charge < -0.3 is 4.74 Å². The van der Waals surface area contributed by atoms with E-state index in [1.807, 2.05) is 27.7 Å². The van der Waals surface area contributed by atoms with E-state index in [0.29, 0.717) is 12.1 Å². The van der Waals surface area contributed by atoms with Crippen molar-refractivity contribution in [1.29, 1.82) is 0 Å². The molecule has 108 valence electrons.